The van der Waals surface area contributed by atoms with Gasteiger partial charge >= 0.3 is 0 Å². The van der Waals surface area contributed by atoms with Gasteiger partial charge in [0.2, 0.25) is 0 Å². The quantitative estimate of drug-likeness (QED) is 0.894. The normalized spacial score (nSPS) is 17.6. The number of benzene rings is 1. The van der Waals surface area contributed by atoms with Crippen LogP contribution in [0.3, 0.4) is 0 Å². The number of anilines is 1. The summed E-state index contributed by atoms with van der Waals surface area (Å²) in [5.41, 5.74) is 4.32. The Morgan fingerprint density at radius 1 is 1.36 bits per heavy atom. The first kappa shape index (κ1) is 17.5. The van der Waals surface area contributed by atoms with Crippen LogP contribution in [0.2, 0.25) is 0 Å². The Labute approximate surface area is 149 Å². The van der Waals surface area contributed by atoms with E-state index in [2.05, 4.69) is 49.4 Å². The number of aryl methyl sites for hydroxylation is 3. The van der Waals surface area contributed by atoms with Gasteiger partial charge in [-0.3, -0.25) is 4.79 Å². The van der Waals surface area contributed by atoms with Crippen molar-refractivity contribution in [1.82, 2.24) is 10.1 Å². The molecular formula is C20H27N3O2. The van der Waals surface area contributed by atoms with E-state index in [4.69, 9.17) is 4.52 Å². The third kappa shape index (κ3) is 4.03. The molecular weight excluding hydrogens is 314 g/mol. The zero-order valence-corrected chi connectivity index (χ0v) is 15.3. The van der Waals surface area contributed by atoms with Gasteiger partial charge in [0.05, 0.1) is 6.20 Å². The number of carbonyl (C=O) groups excluding carboxylic acids is 1. The third-order valence-corrected chi connectivity index (χ3v) is 4.94. The van der Waals surface area contributed by atoms with Gasteiger partial charge < -0.3 is 14.7 Å². The molecule has 1 aliphatic heterocycles. The molecule has 0 saturated carbocycles. The van der Waals surface area contributed by atoms with E-state index in [0.717, 1.165) is 37.9 Å². The van der Waals surface area contributed by atoms with Crippen LogP contribution in [0.4, 0.5) is 5.69 Å². The van der Waals surface area contributed by atoms with Crippen LogP contribution in [0.15, 0.2) is 28.9 Å². The summed E-state index contributed by atoms with van der Waals surface area (Å²) in [6.07, 6.45) is 5.32. The monoisotopic (exact) mass is 341 g/mol. The fourth-order valence-electron chi connectivity index (χ4n) is 3.36. The molecule has 3 rings (SSSR count). The number of piperidine rings is 1. The van der Waals surface area contributed by atoms with Gasteiger partial charge in [0.15, 0.2) is 0 Å². The first-order valence-corrected chi connectivity index (χ1v) is 9.15. The second kappa shape index (κ2) is 7.72. The van der Waals surface area contributed by atoms with E-state index in [9.17, 15) is 4.79 Å². The van der Waals surface area contributed by atoms with Gasteiger partial charge in [0.25, 0.3) is 5.91 Å². The molecule has 2 aromatic rings. The minimum absolute atomic E-state index is 0.0382. The smallest absolute Gasteiger partial charge is 0.259 e. The molecule has 1 amide bonds. The number of nitrogens with zero attached hydrogens (tertiary/aromatic N) is 2. The van der Waals surface area contributed by atoms with E-state index in [1.165, 1.54) is 11.1 Å². The van der Waals surface area contributed by atoms with Crippen LogP contribution in [0.1, 0.15) is 53.4 Å². The van der Waals surface area contributed by atoms with Crippen LogP contribution in [-0.4, -0.2) is 35.1 Å². The van der Waals surface area contributed by atoms with E-state index in [-0.39, 0.29) is 11.9 Å². The van der Waals surface area contributed by atoms with Gasteiger partial charge in [0.1, 0.15) is 11.3 Å². The largest absolute Gasteiger partial charge is 0.381 e. The highest BCUT2D eigenvalue weighted by molar-refractivity contribution is 5.95. The van der Waals surface area contributed by atoms with Crippen LogP contribution < -0.4 is 5.32 Å². The summed E-state index contributed by atoms with van der Waals surface area (Å²) < 4.78 is 5.25. The molecule has 2 heterocycles. The first-order valence-electron chi connectivity index (χ1n) is 9.15. The van der Waals surface area contributed by atoms with Crippen LogP contribution in [0.25, 0.3) is 0 Å². The minimum Gasteiger partial charge on any atom is -0.381 e. The molecule has 1 aliphatic rings. The second-order valence-electron chi connectivity index (χ2n) is 6.95. The van der Waals surface area contributed by atoms with Gasteiger partial charge in [0, 0.05) is 31.2 Å². The lowest BCUT2D eigenvalue weighted by Crippen LogP contribution is -2.45. The molecule has 5 nitrogen and oxygen atoms in total. The van der Waals surface area contributed by atoms with E-state index < -0.39 is 0 Å². The number of nitrogens with one attached hydrogen (secondary N) is 1. The lowest BCUT2D eigenvalue weighted by molar-refractivity contribution is 0.0712. The van der Waals surface area contributed by atoms with Crippen LogP contribution in [0, 0.1) is 13.8 Å². The number of rotatable bonds is 5. The van der Waals surface area contributed by atoms with Crippen molar-refractivity contribution in [3.63, 3.8) is 0 Å². The Hall–Kier alpha value is -2.30. The van der Waals surface area contributed by atoms with E-state index in [1.807, 2.05) is 4.90 Å². The zero-order valence-electron chi connectivity index (χ0n) is 15.3. The number of carbonyl (C=O) groups is 1. The summed E-state index contributed by atoms with van der Waals surface area (Å²) >= 11 is 0. The Kier molecular flexibility index (Phi) is 5.41. The number of amides is 1. The van der Waals surface area contributed by atoms with Gasteiger partial charge in [-0.1, -0.05) is 18.1 Å². The number of likely N-dealkylation sites (tertiary alicyclic amines) is 1. The molecule has 0 spiro atoms. The van der Waals surface area contributed by atoms with Crippen LogP contribution in [0.5, 0.6) is 0 Å². The van der Waals surface area contributed by atoms with E-state index in [0.29, 0.717) is 17.9 Å². The number of hydrogen-bond donors (Lipinski definition) is 1. The van der Waals surface area contributed by atoms with Gasteiger partial charge in [-0.05, 0) is 56.4 Å². The molecule has 0 radical (unpaired) electrons. The number of aromatic nitrogens is 1. The van der Waals surface area contributed by atoms with Crippen molar-refractivity contribution in [3.05, 3.63) is 46.8 Å². The second-order valence-corrected chi connectivity index (χ2v) is 6.95. The summed E-state index contributed by atoms with van der Waals surface area (Å²) in [6, 6.07) is 6.70. The van der Waals surface area contributed by atoms with E-state index in [1.54, 1.807) is 6.20 Å². The minimum atomic E-state index is 0.0382. The Balaban J connectivity index is 1.67. The molecule has 0 aliphatic carbocycles. The molecule has 1 N–H and O–H groups in total. The fraction of sp³-hybridized carbons (Fsp3) is 0.500. The van der Waals surface area contributed by atoms with Crippen molar-refractivity contribution in [3.8, 4) is 0 Å². The molecule has 25 heavy (non-hydrogen) atoms. The molecule has 1 aromatic carbocycles. The summed E-state index contributed by atoms with van der Waals surface area (Å²) in [7, 11) is 0. The molecule has 0 bridgehead atoms. The average molecular weight is 341 g/mol. The van der Waals surface area contributed by atoms with Crippen molar-refractivity contribution >= 4 is 11.6 Å². The van der Waals surface area contributed by atoms with Gasteiger partial charge in [-0.25, -0.2) is 0 Å². The number of hydrogen-bond acceptors (Lipinski definition) is 4. The van der Waals surface area contributed by atoms with Gasteiger partial charge in [-0.2, -0.15) is 0 Å². The fourth-order valence-corrected chi connectivity index (χ4v) is 3.36. The maximum atomic E-state index is 12.9. The predicted octanol–water partition coefficient (Wildman–Crippen LogP) is 3.96. The molecule has 1 fully saturated rings. The maximum absolute atomic E-state index is 12.9. The van der Waals surface area contributed by atoms with Gasteiger partial charge in [-0.15, -0.1) is 0 Å². The lowest BCUT2D eigenvalue weighted by atomic mass is 10.0. The molecule has 1 saturated heterocycles. The van der Waals surface area contributed by atoms with Crippen molar-refractivity contribution in [2.24, 2.45) is 0 Å². The Bertz CT molecular complexity index is 738. The standard InChI is InChI=1S/C20H27N3O2/c1-4-6-19-18(12-21-25-19)20(24)23-10-5-7-17(13-23)22-16-9-8-14(2)15(3)11-16/h8-9,11-12,17,22H,4-7,10,13H2,1-3H3/t17-/m1/s1. The Morgan fingerprint density at radius 2 is 2.20 bits per heavy atom. The third-order valence-electron chi connectivity index (χ3n) is 4.94. The highest BCUT2D eigenvalue weighted by Gasteiger charge is 2.27. The van der Waals surface area contributed by atoms with Crippen molar-refractivity contribution in [2.75, 3.05) is 18.4 Å². The maximum Gasteiger partial charge on any atom is 0.259 e. The predicted molar refractivity (Wildman–Crippen MR) is 99.0 cm³/mol. The molecule has 134 valence electrons. The van der Waals surface area contributed by atoms with E-state index >= 15 is 0 Å². The summed E-state index contributed by atoms with van der Waals surface area (Å²) in [4.78, 5) is 14.8. The van der Waals surface area contributed by atoms with Crippen molar-refractivity contribution in [1.29, 1.82) is 0 Å². The Morgan fingerprint density at radius 3 is 2.96 bits per heavy atom. The highest BCUT2D eigenvalue weighted by Crippen LogP contribution is 2.21. The average Bonchev–Trinajstić information content (AvgIpc) is 3.06. The van der Waals surface area contributed by atoms with Crippen LogP contribution in [-0.2, 0) is 6.42 Å². The van der Waals surface area contributed by atoms with Crippen molar-refractivity contribution < 1.29 is 9.32 Å². The first-order chi connectivity index (χ1) is 12.1. The van der Waals surface area contributed by atoms with Crippen molar-refractivity contribution in [2.45, 2.75) is 52.5 Å². The lowest BCUT2D eigenvalue weighted by Gasteiger charge is -2.33. The molecule has 0 unspecified atom stereocenters. The SMILES string of the molecule is CCCc1oncc1C(=O)N1CCC[C@@H](Nc2ccc(C)c(C)c2)C1. The summed E-state index contributed by atoms with van der Waals surface area (Å²) in [5.74, 6) is 0.744. The molecule has 1 atom stereocenters. The zero-order chi connectivity index (χ0) is 17.8. The van der Waals surface area contributed by atoms with Crippen LogP contribution >= 0.6 is 0 Å². The molecule has 5 heteroatoms. The topological polar surface area (TPSA) is 58.4 Å². The summed E-state index contributed by atoms with van der Waals surface area (Å²) in [5, 5.41) is 7.41. The molecule has 1 aromatic heterocycles. The highest BCUT2D eigenvalue weighted by atomic mass is 16.5. The summed E-state index contributed by atoms with van der Waals surface area (Å²) in [6.45, 7) is 7.82.